The zero-order valence-electron chi connectivity index (χ0n) is 14.1. The highest BCUT2D eigenvalue weighted by molar-refractivity contribution is 5.49. The zero-order chi connectivity index (χ0) is 16.0. The van der Waals surface area contributed by atoms with Crippen molar-refractivity contribution in [1.82, 2.24) is 5.32 Å². The molecule has 0 saturated carbocycles. The van der Waals surface area contributed by atoms with Gasteiger partial charge in [-0.3, -0.25) is 0 Å². The van der Waals surface area contributed by atoms with E-state index in [2.05, 4.69) is 36.2 Å². The van der Waals surface area contributed by atoms with Gasteiger partial charge in [0.1, 0.15) is 5.75 Å². The maximum atomic E-state index is 10.4. The van der Waals surface area contributed by atoms with Crippen molar-refractivity contribution in [2.75, 3.05) is 31.6 Å². The summed E-state index contributed by atoms with van der Waals surface area (Å²) in [4.78, 5) is 2.42. The van der Waals surface area contributed by atoms with Crippen LogP contribution in [0.5, 0.6) is 5.75 Å². The van der Waals surface area contributed by atoms with Crippen LogP contribution in [-0.2, 0) is 0 Å². The second-order valence-electron chi connectivity index (χ2n) is 6.27. The largest absolute Gasteiger partial charge is 0.497 e. The molecule has 0 atom stereocenters. The molecule has 0 aromatic heterocycles. The van der Waals surface area contributed by atoms with Gasteiger partial charge in [0, 0.05) is 31.4 Å². The predicted molar refractivity (Wildman–Crippen MR) is 91.8 cm³/mol. The van der Waals surface area contributed by atoms with E-state index in [0.29, 0.717) is 12.6 Å². The van der Waals surface area contributed by atoms with Gasteiger partial charge in [-0.15, -0.1) is 0 Å². The van der Waals surface area contributed by atoms with Crippen LogP contribution in [-0.4, -0.2) is 43.5 Å². The Hall–Kier alpha value is -1.26. The molecule has 4 nitrogen and oxygen atoms in total. The summed E-state index contributed by atoms with van der Waals surface area (Å²) < 4.78 is 5.21. The van der Waals surface area contributed by atoms with E-state index in [0.717, 1.165) is 44.5 Å². The molecule has 2 rings (SSSR count). The summed E-state index contributed by atoms with van der Waals surface area (Å²) in [5.41, 5.74) is 0.713. The van der Waals surface area contributed by atoms with Crippen molar-refractivity contribution in [3.8, 4) is 5.75 Å². The molecule has 1 heterocycles. The lowest BCUT2D eigenvalue weighted by molar-refractivity contribution is 0.0291. The van der Waals surface area contributed by atoms with E-state index in [1.807, 2.05) is 12.1 Å². The second-order valence-corrected chi connectivity index (χ2v) is 6.27. The normalized spacial score (nSPS) is 16.8. The molecule has 1 aliphatic heterocycles. The van der Waals surface area contributed by atoms with Gasteiger partial charge in [0.15, 0.2) is 0 Å². The molecule has 1 fully saturated rings. The minimum Gasteiger partial charge on any atom is -0.497 e. The third-order valence-electron chi connectivity index (χ3n) is 4.97. The topological polar surface area (TPSA) is 44.7 Å². The van der Waals surface area contributed by atoms with Crippen LogP contribution in [0.25, 0.3) is 0 Å². The Morgan fingerprint density at radius 3 is 2.27 bits per heavy atom. The van der Waals surface area contributed by atoms with Gasteiger partial charge >= 0.3 is 0 Å². The van der Waals surface area contributed by atoms with Gasteiger partial charge in [-0.25, -0.2) is 0 Å². The van der Waals surface area contributed by atoms with Crippen LogP contribution < -0.4 is 15.0 Å². The van der Waals surface area contributed by atoms with Crippen LogP contribution in [0.2, 0.25) is 0 Å². The molecule has 1 aromatic rings. The van der Waals surface area contributed by atoms with Crippen LogP contribution in [0.3, 0.4) is 0 Å². The molecule has 22 heavy (non-hydrogen) atoms. The number of piperidine rings is 1. The SMILES string of the molecule is CCC(O)(CC)CNC1CCN(c2ccc(OC)cc2)CC1. The predicted octanol–water partition coefficient (Wildman–Crippen LogP) is 2.80. The highest BCUT2D eigenvalue weighted by Gasteiger charge is 2.25. The lowest BCUT2D eigenvalue weighted by Crippen LogP contribution is -2.48. The van der Waals surface area contributed by atoms with Crippen molar-refractivity contribution >= 4 is 5.69 Å². The van der Waals surface area contributed by atoms with E-state index >= 15 is 0 Å². The molecule has 2 N–H and O–H groups in total. The first-order chi connectivity index (χ1) is 10.6. The fraction of sp³-hybridized carbons (Fsp3) is 0.667. The number of aliphatic hydroxyl groups is 1. The summed E-state index contributed by atoms with van der Waals surface area (Å²) in [6, 6.07) is 8.79. The summed E-state index contributed by atoms with van der Waals surface area (Å²) in [5, 5.41) is 13.9. The molecule has 4 heteroatoms. The van der Waals surface area contributed by atoms with E-state index in [4.69, 9.17) is 4.74 Å². The first kappa shape index (κ1) is 17.1. The maximum absolute atomic E-state index is 10.4. The summed E-state index contributed by atoms with van der Waals surface area (Å²) in [6.07, 6.45) is 3.85. The Kier molecular flexibility index (Phi) is 6.09. The standard InChI is InChI=1S/C18H30N2O2/c1-4-18(21,5-2)14-19-15-10-12-20(13-11-15)16-6-8-17(22-3)9-7-16/h6-9,15,19,21H,4-5,10-14H2,1-3H3. The second kappa shape index (κ2) is 7.84. The van der Waals surface area contributed by atoms with Gasteiger partial charge in [-0.1, -0.05) is 13.8 Å². The van der Waals surface area contributed by atoms with Gasteiger partial charge < -0.3 is 20.1 Å². The molecular weight excluding hydrogens is 276 g/mol. The average Bonchev–Trinajstić information content (AvgIpc) is 2.60. The lowest BCUT2D eigenvalue weighted by Gasteiger charge is -2.36. The molecule has 0 aliphatic carbocycles. The number of hydrogen-bond acceptors (Lipinski definition) is 4. The number of benzene rings is 1. The third kappa shape index (κ3) is 4.37. The molecular formula is C18H30N2O2. The molecule has 124 valence electrons. The number of nitrogens with zero attached hydrogens (tertiary/aromatic N) is 1. The first-order valence-electron chi connectivity index (χ1n) is 8.45. The summed E-state index contributed by atoms with van der Waals surface area (Å²) >= 11 is 0. The quantitative estimate of drug-likeness (QED) is 0.813. The number of hydrogen-bond donors (Lipinski definition) is 2. The van der Waals surface area contributed by atoms with Crippen molar-refractivity contribution < 1.29 is 9.84 Å². The van der Waals surface area contributed by atoms with E-state index in [9.17, 15) is 5.11 Å². The number of methoxy groups -OCH3 is 1. The number of anilines is 1. The summed E-state index contributed by atoms with van der Waals surface area (Å²) in [7, 11) is 1.69. The van der Waals surface area contributed by atoms with Crippen molar-refractivity contribution in [1.29, 1.82) is 0 Å². The smallest absolute Gasteiger partial charge is 0.119 e. The third-order valence-corrected chi connectivity index (χ3v) is 4.97. The Morgan fingerprint density at radius 1 is 1.18 bits per heavy atom. The monoisotopic (exact) mass is 306 g/mol. The molecule has 1 aromatic carbocycles. The first-order valence-corrected chi connectivity index (χ1v) is 8.45. The zero-order valence-corrected chi connectivity index (χ0v) is 14.1. The van der Waals surface area contributed by atoms with Gasteiger partial charge in [-0.05, 0) is 49.9 Å². The number of ether oxygens (including phenoxy) is 1. The molecule has 0 amide bonds. The van der Waals surface area contributed by atoms with E-state index in [1.165, 1.54) is 5.69 Å². The minimum absolute atomic E-state index is 0.513. The molecule has 0 bridgehead atoms. The highest BCUT2D eigenvalue weighted by atomic mass is 16.5. The van der Waals surface area contributed by atoms with Crippen LogP contribution in [0.1, 0.15) is 39.5 Å². The van der Waals surface area contributed by atoms with Crippen molar-refractivity contribution in [2.45, 2.75) is 51.2 Å². The Bertz CT molecular complexity index is 435. The van der Waals surface area contributed by atoms with Crippen LogP contribution in [0, 0.1) is 0 Å². The van der Waals surface area contributed by atoms with E-state index in [-0.39, 0.29) is 0 Å². The Labute approximate surface area is 134 Å². The number of nitrogens with one attached hydrogen (secondary N) is 1. The maximum Gasteiger partial charge on any atom is 0.119 e. The lowest BCUT2D eigenvalue weighted by atomic mass is 9.96. The fourth-order valence-electron chi connectivity index (χ4n) is 2.97. The van der Waals surface area contributed by atoms with Crippen molar-refractivity contribution in [3.63, 3.8) is 0 Å². The van der Waals surface area contributed by atoms with E-state index in [1.54, 1.807) is 7.11 Å². The van der Waals surface area contributed by atoms with E-state index < -0.39 is 5.60 Å². The van der Waals surface area contributed by atoms with Crippen LogP contribution in [0.15, 0.2) is 24.3 Å². The molecule has 0 spiro atoms. The Morgan fingerprint density at radius 2 is 1.77 bits per heavy atom. The summed E-state index contributed by atoms with van der Waals surface area (Å²) in [6.45, 7) is 6.92. The molecule has 0 unspecified atom stereocenters. The van der Waals surface area contributed by atoms with Gasteiger partial charge in [0.2, 0.25) is 0 Å². The molecule has 1 aliphatic rings. The fourth-order valence-corrected chi connectivity index (χ4v) is 2.97. The van der Waals surface area contributed by atoms with Gasteiger partial charge in [0.25, 0.3) is 0 Å². The minimum atomic E-state index is -0.548. The van der Waals surface area contributed by atoms with Gasteiger partial charge in [0.05, 0.1) is 12.7 Å². The van der Waals surface area contributed by atoms with Gasteiger partial charge in [-0.2, -0.15) is 0 Å². The van der Waals surface area contributed by atoms with Crippen LogP contribution in [0.4, 0.5) is 5.69 Å². The van der Waals surface area contributed by atoms with Crippen molar-refractivity contribution in [3.05, 3.63) is 24.3 Å². The van der Waals surface area contributed by atoms with Crippen LogP contribution >= 0.6 is 0 Å². The summed E-state index contributed by atoms with van der Waals surface area (Å²) in [5.74, 6) is 0.902. The number of rotatable bonds is 7. The molecule has 0 radical (unpaired) electrons. The average molecular weight is 306 g/mol. The van der Waals surface area contributed by atoms with Crippen molar-refractivity contribution in [2.24, 2.45) is 0 Å². The Balaban J connectivity index is 1.80. The molecule has 1 saturated heterocycles. The highest BCUT2D eigenvalue weighted by Crippen LogP contribution is 2.23.